The lowest BCUT2D eigenvalue weighted by Gasteiger charge is -2.10. The van der Waals surface area contributed by atoms with E-state index in [1.807, 2.05) is 45.0 Å². The summed E-state index contributed by atoms with van der Waals surface area (Å²) in [5.41, 5.74) is 3.69. The maximum absolute atomic E-state index is 11.9. The predicted molar refractivity (Wildman–Crippen MR) is 105 cm³/mol. The Morgan fingerprint density at radius 3 is 2.32 bits per heavy atom. The highest BCUT2D eigenvalue weighted by atomic mass is 16.6. The molecule has 2 aromatic carbocycles. The molecular weight excluding hydrogens is 360 g/mol. The average molecular weight is 384 g/mol. The van der Waals surface area contributed by atoms with Crippen molar-refractivity contribution in [3.8, 4) is 5.75 Å². The first-order valence-corrected chi connectivity index (χ1v) is 8.93. The molecule has 0 fully saturated rings. The molecule has 2 N–H and O–H groups in total. The number of amides is 3. The van der Waals surface area contributed by atoms with Gasteiger partial charge in [-0.05, 0) is 49.6 Å². The molecule has 0 aromatic heterocycles. The molecule has 0 radical (unpaired) electrons. The Labute approximate surface area is 164 Å². The molecule has 7 nitrogen and oxygen atoms in total. The van der Waals surface area contributed by atoms with Crippen LogP contribution < -0.4 is 15.4 Å². The average Bonchev–Trinajstić information content (AvgIpc) is 2.67. The fourth-order valence-corrected chi connectivity index (χ4v) is 2.42. The minimum atomic E-state index is -0.733. The van der Waals surface area contributed by atoms with Gasteiger partial charge >= 0.3 is 12.0 Å². The monoisotopic (exact) mass is 384 g/mol. The number of anilines is 1. The van der Waals surface area contributed by atoms with Crippen LogP contribution in [0.15, 0.2) is 42.5 Å². The van der Waals surface area contributed by atoms with Crippen molar-refractivity contribution < 1.29 is 23.9 Å². The van der Waals surface area contributed by atoms with Crippen LogP contribution in [0.5, 0.6) is 5.75 Å². The Bertz CT molecular complexity index is 846. The smallest absolute Gasteiger partial charge is 0.344 e. The van der Waals surface area contributed by atoms with Gasteiger partial charge in [0.25, 0.3) is 5.91 Å². The Morgan fingerprint density at radius 2 is 1.68 bits per heavy atom. The fourth-order valence-electron chi connectivity index (χ4n) is 2.42. The van der Waals surface area contributed by atoms with Crippen LogP contribution in [0.3, 0.4) is 0 Å². The molecule has 0 heterocycles. The van der Waals surface area contributed by atoms with E-state index in [-0.39, 0.29) is 6.61 Å². The third-order valence-corrected chi connectivity index (χ3v) is 3.94. The lowest BCUT2D eigenvalue weighted by molar-refractivity contribution is -0.150. The molecule has 0 bridgehead atoms. The summed E-state index contributed by atoms with van der Waals surface area (Å²) in [5, 5.41) is 4.68. The van der Waals surface area contributed by atoms with Gasteiger partial charge in [0.1, 0.15) is 5.75 Å². The molecule has 2 rings (SSSR count). The molecule has 3 amide bonds. The minimum absolute atomic E-state index is 0.326. The van der Waals surface area contributed by atoms with Crippen LogP contribution in [0.1, 0.15) is 23.6 Å². The van der Waals surface area contributed by atoms with Crippen molar-refractivity contribution in [3.63, 3.8) is 0 Å². The van der Waals surface area contributed by atoms with E-state index in [0.717, 1.165) is 23.1 Å². The Kier molecular flexibility index (Phi) is 7.56. The van der Waals surface area contributed by atoms with Gasteiger partial charge in [0, 0.05) is 5.69 Å². The zero-order chi connectivity index (χ0) is 20.5. The summed E-state index contributed by atoms with van der Waals surface area (Å²) >= 11 is 0. The molecule has 0 atom stereocenters. The first-order valence-electron chi connectivity index (χ1n) is 8.93. The quantitative estimate of drug-likeness (QED) is 0.716. The van der Waals surface area contributed by atoms with Crippen LogP contribution in [0.25, 0.3) is 0 Å². The van der Waals surface area contributed by atoms with E-state index in [9.17, 15) is 14.4 Å². The molecule has 0 aliphatic heterocycles. The van der Waals surface area contributed by atoms with Gasteiger partial charge in [-0.2, -0.15) is 0 Å². The summed E-state index contributed by atoms with van der Waals surface area (Å²) in [5.74, 6) is -0.904. The number of aryl methyl sites for hydroxylation is 3. The number of urea groups is 1. The second-order valence-electron chi connectivity index (χ2n) is 6.27. The summed E-state index contributed by atoms with van der Waals surface area (Å²) < 4.78 is 10.1. The van der Waals surface area contributed by atoms with Gasteiger partial charge in [-0.3, -0.25) is 10.1 Å². The molecule has 7 heteroatoms. The second-order valence-corrected chi connectivity index (χ2v) is 6.27. The molecule has 28 heavy (non-hydrogen) atoms. The van der Waals surface area contributed by atoms with Crippen LogP contribution in [0.2, 0.25) is 0 Å². The van der Waals surface area contributed by atoms with Crippen LogP contribution in [-0.2, 0) is 20.7 Å². The number of rotatable bonds is 7. The highest BCUT2D eigenvalue weighted by Crippen LogP contribution is 2.15. The summed E-state index contributed by atoms with van der Waals surface area (Å²) in [6, 6.07) is 12.1. The van der Waals surface area contributed by atoms with Crippen molar-refractivity contribution in [3.05, 3.63) is 59.2 Å². The highest BCUT2D eigenvalue weighted by molar-refractivity contribution is 6.02. The SMILES string of the molecule is CCc1ccc(OCC(=O)OCC(=O)NC(=O)Nc2ccc(C)cc2C)cc1. The number of carbonyl (C=O) groups excluding carboxylic acids is 3. The zero-order valence-corrected chi connectivity index (χ0v) is 16.2. The number of hydrogen-bond donors (Lipinski definition) is 2. The van der Waals surface area contributed by atoms with E-state index in [2.05, 4.69) is 10.6 Å². The van der Waals surface area contributed by atoms with Gasteiger partial charge in [-0.1, -0.05) is 36.8 Å². The number of carbonyl (C=O) groups is 3. The van der Waals surface area contributed by atoms with E-state index in [1.165, 1.54) is 0 Å². The number of imide groups is 1. The largest absolute Gasteiger partial charge is 0.482 e. The Balaban J connectivity index is 1.70. The molecule has 0 spiro atoms. The number of nitrogens with one attached hydrogen (secondary N) is 2. The number of esters is 1. The van der Waals surface area contributed by atoms with Gasteiger partial charge in [0.2, 0.25) is 0 Å². The van der Waals surface area contributed by atoms with Gasteiger partial charge in [-0.15, -0.1) is 0 Å². The first kappa shape index (κ1) is 21.0. The van der Waals surface area contributed by atoms with E-state index in [0.29, 0.717) is 11.4 Å². The molecule has 0 aliphatic carbocycles. The molecule has 0 saturated heterocycles. The van der Waals surface area contributed by atoms with E-state index in [1.54, 1.807) is 18.2 Å². The van der Waals surface area contributed by atoms with Crippen molar-refractivity contribution >= 4 is 23.6 Å². The van der Waals surface area contributed by atoms with Crippen molar-refractivity contribution in [2.24, 2.45) is 0 Å². The van der Waals surface area contributed by atoms with Crippen LogP contribution in [0, 0.1) is 13.8 Å². The molecule has 0 aliphatic rings. The van der Waals surface area contributed by atoms with Gasteiger partial charge in [0.05, 0.1) is 0 Å². The third-order valence-electron chi connectivity index (χ3n) is 3.94. The molecule has 0 saturated carbocycles. The van der Waals surface area contributed by atoms with Gasteiger partial charge < -0.3 is 14.8 Å². The van der Waals surface area contributed by atoms with Crippen LogP contribution >= 0.6 is 0 Å². The topological polar surface area (TPSA) is 93.7 Å². The molecule has 0 unspecified atom stereocenters. The fraction of sp³-hybridized carbons (Fsp3) is 0.286. The maximum atomic E-state index is 11.9. The normalized spacial score (nSPS) is 10.1. The predicted octanol–water partition coefficient (Wildman–Crippen LogP) is 3.14. The number of ether oxygens (including phenoxy) is 2. The van der Waals surface area contributed by atoms with Crippen molar-refractivity contribution in [2.45, 2.75) is 27.2 Å². The van der Waals surface area contributed by atoms with Crippen molar-refractivity contribution in [1.82, 2.24) is 5.32 Å². The lowest BCUT2D eigenvalue weighted by atomic mass is 10.1. The second kappa shape index (κ2) is 10.1. The lowest BCUT2D eigenvalue weighted by Crippen LogP contribution is -2.37. The van der Waals surface area contributed by atoms with Gasteiger partial charge in [0.15, 0.2) is 13.2 Å². The van der Waals surface area contributed by atoms with E-state index >= 15 is 0 Å². The molecular formula is C21H24N2O5. The first-order chi connectivity index (χ1) is 13.4. The number of benzene rings is 2. The van der Waals surface area contributed by atoms with Crippen LogP contribution in [-0.4, -0.2) is 31.1 Å². The van der Waals surface area contributed by atoms with E-state index in [4.69, 9.17) is 9.47 Å². The van der Waals surface area contributed by atoms with Gasteiger partial charge in [-0.25, -0.2) is 9.59 Å². The summed E-state index contributed by atoms with van der Waals surface area (Å²) in [6.07, 6.45) is 0.911. The van der Waals surface area contributed by atoms with Crippen molar-refractivity contribution in [1.29, 1.82) is 0 Å². The summed E-state index contributed by atoms with van der Waals surface area (Å²) in [7, 11) is 0. The zero-order valence-electron chi connectivity index (χ0n) is 16.2. The highest BCUT2D eigenvalue weighted by Gasteiger charge is 2.12. The molecule has 148 valence electrons. The van der Waals surface area contributed by atoms with E-state index < -0.39 is 24.5 Å². The van der Waals surface area contributed by atoms with Crippen molar-refractivity contribution in [2.75, 3.05) is 18.5 Å². The Hall–Kier alpha value is -3.35. The Morgan fingerprint density at radius 1 is 0.964 bits per heavy atom. The third kappa shape index (κ3) is 6.75. The number of hydrogen-bond acceptors (Lipinski definition) is 5. The minimum Gasteiger partial charge on any atom is -0.482 e. The maximum Gasteiger partial charge on any atom is 0.344 e. The summed E-state index contributed by atoms with van der Waals surface area (Å²) in [4.78, 5) is 35.3. The summed E-state index contributed by atoms with van der Waals surface area (Å²) in [6.45, 7) is 4.94. The standard InChI is InChI=1S/C21H24N2O5/c1-4-16-6-8-17(9-7-16)27-13-20(25)28-12-19(24)23-21(26)22-18-10-5-14(2)11-15(18)3/h5-11H,4,12-13H2,1-3H3,(H2,22,23,24,26). The molecule has 2 aromatic rings. The van der Waals surface area contributed by atoms with Crippen LogP contribution in [0.4, 0.5) is 10.5 Å².